The van der Waals surface area contributed by atoms with Gasteiger partial charge in [0, 0.05) is 6.04 Å². The van der Waals surface area contributed by atoms with E-state index >= 15 is 0 Å². The lowest BCUT2D eigenvalue weighted by molar-refractivity contribution is 0.518. The molecule has 1 heteroatoms. The van der Waals surface area contributed by atoms with Crippen molar-refractivity contribution < 1.29 is 0 Å². The average Bonchev–Trinajstić information content (AvgIpc) is 1.69. The Hall–Kier alpha value is -0.0400. The van der Waals surface area contributed by atoms with Crippen molar-refractivity contribution in [3.63, 3.8) is 0 Å². The third-order valence-corrected chi connectivity index (χ3v) is 1.41. The van der Waals surface area contributed by atoms with Crippen molar-refractivity contribution in [2.75, 3.05) is 6.54 Å². The fourth-order valence-corrected chi connectivity index (χ4v) is 0.905. The average molecular weight is 98.2 g/mol. The van der Waals surface area contributed by atoms with Gasteiger partial charge in [-0.15, -0.1) is 0 Å². The Bertz CT molecular complexity index is 46.1. The molecule has 0 spiro atoms. The summed E-state index contributed by atoms with van der Waals surface area (Å²) in [5.74, 6) is 0. The first-order valence-electron chi connectivity index (χ1n) is 2.96. The molecule has 1 rings (SSSR count). The molecule has 7 heavy (non-hydrogen) atoms. The van der Waals surface area contributed by atoms with E-state index in [-0.39, 0.29) is 0 Å². The molecular formula is C6H12N. The van der Waals surface area contributed by atoms with E-state index in [9.17, 15) is 0 Å². The molecule has 41 valence electrons. The molecule has 0 saturated carbocycles. The van der Waals surface area contributed by atoms with Gasteiger partial charge < -0.3 is 5.32 Å². The van der Waals surface area contributed by atoms with Gasteiger partial charge in [0.2, 0.25) is 0 Å². The van der Waals surface area contributed by atoms with Crippen LogP contribution < -0.4 is 5.32 Å². The Morgan fingerprint density at radius 3 is 2.57 bits per heavy atom. The minimum Gasteiger partial charge on any atom is -0.310 e. The second-order valence-corrected chi connectivity index (χ2v) is 2.16. The molecule has 0 atom stereocenters. The molecule has 0 aliphatic carbocycles. The molecule has 1 nitrogen and oxygen atoms in total. The highest BCUT2D eigenvalue weighted by Gasteiger charge is 2.05. The highest BCUT2D eigenvalue weighted by Crippen LogP contribution is 2.10. The summed E-state index contributed by atoms with van der Waals surface area (Å²) < 4.78 is 0. The van der Waals surface area contributed by atoms with E-state index in [0.29, 0.717) is 0 Å². The molecule has 0 bridgehead atoms. The number of rotatable bonds is 0. The summed E-state index contributed by atoms with van der Waals surface area (Å²) in [6.45, 7) is 3.37. The van der Waals surface area contributed by atoms with Gasteiger partial charge in [-0.25, -0.2) is 0 Å². The van der Waals surface area contributed by atoms with Crippen molar-refractivity contribution in [3.05, 3.63) is 6.04 Å². The fraction of sp³-hybridized carbons (Fsp3) is 0.833. The van der Waals surface area contributed by atoms with Gasteiger partial charge >= 0.3 is 0 Å². The minimum atomic E-state index is 1.20. The van der Waals surface area contributed by atoms with Gasteiger partial charge in [0.25, 0.3) is 0 Å². The van der Waals surface area contributed by atoms with Crippen molar-refractivity contribution >= 4 is 0 Å². The number of hydrogen-bond donors (Lipinski definition) is 1. The van der Waals surface area contributed by atoms with Crippen LogP contribution in [0.4, 0.5) is 0 Å². The largest absolute Gasteiger partial charge is 0.310 e. The van der Waals surface area contributed by atoms with Crippen LogP contribution >= 0.6 is 0 Å². The van der Waals surface area contributed by atoms with Crippen LogP contribution in [-0.4, -0.2) is 6.54 Å². The first-order chi connectivity index (χ1) is 3.39. The summed E-state index contributed by atoms with van der Waals surface area (Å²) in [5.41, 5.74) is 0. The molecule has 1 saturated heterocycles. The highest BCUT2D eigenvalue weighted by atomic mass is 14.9. The topological polar surface area (TPSA) is 12.0 Å². The molecule has 0 aromatic heterocycles. The molecule has 1 fully saturated rings. The molecule has 0 aromatic rings. The lowest BCUT2D eigenvalue weighted by Gasteiger charge is -2.17. The van der Waals surface area contributed by atoms with Crippen LogP contribution in [0.3, 0.4) is 0 Å². The maximum absolute atomic E-state index is 3.30. The van der Waals surface area contributed by atoms with E-state index in [1.807, 2.05) is 0 Å². The van der Waals surface area contributed by atoms with E-state index in [1.165, 1.54) is 31.8 Å². The Kier molecular flexibility index (Phi) is 1.69. The van der Waals surface area contributed by atoms with Gasteiger partial charge in [-0.1, -0.05) is 6.42 Å². The molecule has 0 amide bonds. The van der Waals surface area contributed by atoms with Crippen LogP contribution in [0.2, 0.25) is 0 Å². The molecule has 1 heterocycles. The van der Waals surface area contributed by atoms with Gasteiger partial charge in [-0.05, 0) is 26.3 Å². The van der Waals surface area contributed by atoms with Crippen molar-refractivity contribution in [1.82, 2.24) is 5.32 Å². The van der Waals surface area contributed by atoms with Crippen LogP contribution in [0.25, 0.3) is 0 Å². The second-order valence-electron chi connectivity index (χ2n) is 2.16. The van der Waals surface area contributed by atoms with Gasteiger partial charge in [-0.2, -0.15) is 0 Å². The van der Waals surface area contributed by atoms with Crippen LogP contribution in [0.5, 0.6) is 0 Å². The monoisotopic (exact) mass is 98.1 g/mol. The maximum Gasteiger partial charge on any atom is 0.0332 e. The predicted molar refractivity (Wildman–Crippen MR) is 30.8 cm³/mol. The molecule has 1 aliphatic heterocycles. The Morgan fingerprint density at radius 2 is 2.29 bits per heavy atom. The van der Waals surface area contributed by atoms with E-state index in [1.54, 1.807) is 0 Å². The first-order valence-corrected chi connectivity index (χ1v) is 2.96. The highest BCUT2D eigenvalue weighted by molar-refractivity contribution is 4.83. The zero-order chi connectivity index (χ0) is 5.11. The molecular weight excluding hydrogens is 86.1 g/mol. The predicted octanol–water partition coefficient (Wildman–Crippen LogP) is 1.31. The van der Waals surface area contributed by atoms with Crippen LogP contribution in [0, 0.1) is 6.04 Å². The SMILES string of the molecule is C[C]1CCCCN1. The first kappa shape index (κ1) is 5.10. The number of piperidine rings is 1. The summed E-state index contributed by atoms with van der Waals surface area (Å²) in [7, 11) is 0. The fourth-order valence-electron chi connectivity index (χ4n) is 0.905. The molecule has 0 unspecified atom stereocenters. The standard InChI is InChI=1S/C6H12N/c1-6-4-2-3-5-7-6/h7H,2-5H2,1H3. The smallest absolute Gasteiger partial charge is 0.0332 e. The Morgan fingerprint density at radius 1 is 1.43 bits per heavy atom. The van der Waals surface area contributed by atoms with Crippen molar-refractivity contribution in [2.24, 2.45) is 0 Å². The summed E-state index contributed by atoms with van der Waals surface area (Å²) >= 11 is 0. The van der Waals surface area contributed by atoms with E-state index < -0.39 is 0 Å². The molecule has 0 aromatic carbocycles. The summed E-state index contributed by atoms with van der Waals surface area (Å²) in [5, 5.41) is 3.30. The van der Waals surface area contributed by atoms with Crippen molar-refractivity contribution in [3.8, 4) is 0 Å². The zero-order valence-corrected chi connectivity index (χ0v) is 4.83. The lowest BCUT2D eigenvalue weighted by atomic mass is 10.1. The molecule has 1 aliphatic rings. The quantitative estimate of drug-likeness (QED) is 0.481. The Labute approximate surface area is 45.1 Å². The zero-order valence-electron chi connectivity index (χ0n) is 4.83. The lowest BCUT2D eigenvalue weighted by Crippen LogP contribution is -2.23. The molecule has 1 N–H and O–H groups in total. The van der Waals surface area contributed by atoms with Gasteiger partial charge in [0.1, 0.15) is 0 Å². The third-order valence-electron chi connectivity index (χ3n) is 1.41. The van der Waals surface area contributed by atoms with Crippen LogP contribution in [-0.2, 0) is 0 Å². The van der Waals surface area contributed by atoms with Gasteiger partial charge in [0.15, 0.2) is 0 Å². The maximum atomic E-state index is 3.30. The van der Waals surface area contributed by atoms with E-state index in [4.69, 9.17) is 0 Å². The third kappa shape index (κ3) is 1.48. The normalized spacial score (nSPS) is 25.3. The summed E-state index contributed by atoms with van der Waals surface area (Å²) in [6.07, 6.45) is 4.04. The summed E-state index contributed by atoms with van der Waals surface area (Å²) in [4.78, 5) is 0. The van der Waals surface area contributed by atoms with Crippen molar-refractivity contribution in [1.29, 1.82) is 0 Å². The Balaban J connectivity index is 2.12. The summed E-state index contributed by atoms with van der Waals surface area (Å²) in [6, 6.07) is 1.46. The number of nitrogens with one attached hydrogen (secondary N) is 1. The second kappa shape index (κ2) is 2.31. The van der Waals surface area contributed by atoms with E-state index in [0.717, 1.165) is 0 Å². The van der Waals surface area contributed by atoms with Gasteiger partial charge in [0.05, 0.1) is 0 Å². The minimum absolute atomic E-state index is 1.20. The van der Waals surface area contributed by atoms with Crippen LogP contribution in [0.1, 0.15) is 26.2 Å². The van der Waals surface area contributed by atoms with Crippen molar-refractivity contribution in [2.45, 2.75) is 26.2 Å². The number of hydrogen-bond acceptors (Lipinski definition) is 1. The van der Waals surface area contributed by atoms with Gasteiger partial charge in [-0.3, -0.25) is 0 Å². The van der Waals surface area contributed by atoms with Crippen LogP contribution in [0.15, 0.2) is 0 Å². The molecule has 1 radical (unpaired) electrons. The van der Waals surface area contributed by atoms with E-state index in [2.05, 4.69) is 12.2 Å².